The van der Waals surface area contributed by atoms with Crippen LogP contribution in [0.5, 0.6) is 0 Å². The molecule has 1 fully saturated rings. The Bertz CT molecular complexity index is 236. The van der Waals surface area contributed by atoms with Gasteiger partial charge < -0.3 is 15.4 Å². The molecule has 1 unspecified atom stereocenters. The van der Waals surface area contributed by atoms with Crippen molar-refractivity contribution < 1.29 is 9.53 Å². The van der Waals surface area contributed by atoms with E-state index in [1.807, 2.05) is 20.8 Å². The van der Waals surface area contributed by atoms with E-state index in [0.717, 1.165) is 6.54 Å². The van der Waals surface area contributed by atoms with Gasteiger partial charge in [-0.15, -0.1) is 0 Å². The Labute approximate surface area is 98.1 Å². The molecule has 0 bridgehead atoms. The maximum absolute atomic E-state index is 11.4. The molecule has 0 aromatic rings. The fourth-order valence-electron chi connectivity index (χ4n) is 1.89. The Morgan fingerprint density at radius 2 is 2.19 bits per heavy atom. The first-order valence-corrected chi connectivity index (χ1v) is 6.09. The van der Waals surface area contributed by atoms with Gasteiger partial charge >= 0.3 is 6.09 Å². The molecule has 1 saturated heterocycles. The molecule has 2 atom stereocenters. The minimum atomic E-state index is -0.421. The topological polar surface area (TPSA) is 50.4 Å². The number of alkyl carbamates (subject to hydrolysis) is 1. The van der Waals surface area contributed by atoms with E-state index in [-0.39, 0.29) is 6.09 Å². The van der Waals surface area contributed by atoms with Gasteiger partial charge in [0, 0.05) is 12.6 Å². The van der Waals surface area contributed by atoms with Crippen molar-refractivity contribution in [1.82, 2.24) is 10.6 Å². The van der Waals surface area contributed by atoms with E-state index in [0.29, 0.717) is 18.5 Å². The lowest BCUT2D eigenvalue weighted by Gasteiger charge is -2.30. The Hall–Kier alpha value is -0.770. The van der Waals surface area contributed by atoms with Crippen LogP contribution in [-0.2, 0) is 4.74 Å². The van der Waals surface area contributed by atoms with E-state index in [1.54, 1.807) is 0 Å². The fourth-order valence-corrected chi connectivity index (χ4v) is 1.89. The summed E-state index contributed by atoms with van der Waals surface area (Å²) in [5.41, 5.74) is -0.421. The Morgan fingerprint density at radius 1 is 1.50 bits per heavy atom. The van der Waals surface area contributed by atoms with Gasteiger partial charge in [-0.2, -0.15) is 0 Å². The summed E-state index contributed by atoms with van der Waals surface area (Å²) in [6.45, 7) is 9.52. The molecule has 0 aromatic carbocycles. The molecule has 1 aliphatic heterocycles. The van der Waals surface area contributed by atoms with Crippen molar-refractivity contribution in [2.24, 2.45) is 5.92 Å². The second kappa shape index (κ2) is 5.53. The minimum absolute atomic E-state index is 0.327. The summed E-state index contributed by atoms with van der Waals surface area (Å²) in [5.74, 6) is 0.615. The Morgan fingerprint density at radius 3 is 2.75 bits per heavy atom. The van der Waals surface area contributed by atoms with Gasteiger partial charge in [0.15, 0.2) is 0 Å². The fraction of sp³-hybridized carbons (Fsp3) is 0.917. The van der Waals surface area contributed by atoms with Crippen LogP contribution in [0, 0.1) is 5.92 Å². The Kier molecular flexibility index (Phi) is 4.59. The Balaban J connectivity index is 2.25. The van der Waals surface area contributed by atoms with Crippen LogP contribution in [-0.4, -0.2) is 30.8 Å². The van der Waals surface area contributed by atoms with Gasteiger partial charge in [0.2, 0.25) is 0 Å². The van der Waals surface area contributed by atoms with Crippen LogP contribution in [0.15, 0.2) is 0 Å². The van der Waals surface area contributed by atoms with Crippen molar-refractivity contribution in [3.8, 4) is 0 Å². The molecule has 0 spiro atoms. The number of carbonyl (C=O) groups excluding carboxylic acids is 1. The molecular weight excluding hydrogens is 204 g/mol. The predicted molar refractivity (Wildman–Crippen MR) is 64.4 cm³/mol. The molecule has 0 aliphatic carbocycles. The maximum Gasteiger partial charge on any atom is 0.407 e. The number of hydrogen-bond acceptors (Lipinski definition) is 3. The summed E-state index contributed by atoms with van der Waals surface area (Å²) in [7, 11) is 0. The summed E-state index contributed by atoms with van der Waals surface area (Å²) in [4.78, 5) is 11.4. The summed E-state index contributed by atoms with van der Waals surface area (Å²) in [6.07, 6.45) is 2.13. The molecule has 16 heavy (non-hydrogen) atoms. The summed E-state index contributed by atoms with van der Waals surface area (Å²) in [6, 6.07) is 0.376. The largest absolute Gasteiger partial charge is 0.444 e. The molecule has 1 amide bonds. The highest BCUT2D eigenvalue weighted by Crippen LogP contribution is 2.15. The summed E-state index contributed by atoms with van der Waals surface area (Å²) >= 11 is 0. The molecular formula is C12H24N2O2. The normalized spacial score (nSPS) is 26.2. The number of amides is 1. The number of rotatable bonds is 2. The zero-order chi connectivity index (χ0) is 12.2. The molecule has 0 saturated carbocycles. The van der Waals surface area contributed by atoms with Gasteiger partial charge in [0.1, 0.15) is 5.60 Å². The number of ether oxygens (including phenoxy) is 1. The number of carbonyl (C=O) groups is 1. The lowest BCUT2D eigenvalue weighted by atomic mass is 9.93. The van der Waals surface area contributed by atoms with Gasteiger partial charge in [-0.1, -0.05) is 6.92 Å². The highest BCUT2D eigenvalue weighted by Gasteiger charge is 2.22. The first-order chi connectivity index (χ1) is 7.38. The van der Waals surface area contributed by atoms with Crippen LogP contribution in [0.25, 0.3) is 0 Å². The van der Waals surface area contributed by atoms with Crippen molar-refractivity contribution in [3.63, 3.8) is 0 Å². The van der Waals surface area contributed by atoms with Gasteiger partial charge in [0.25, 0.3) is 0 Å². The van der Waals surface area contributed by atoms with Crippen LogP contribution < -0.4 is 10.6 Å². The SMILES string of the molecule is CC1CCCN[C@@H]1CNC(=O)OC(C)(C)C. The summed E-state index contributed by atoms with van der Waals surface area (Å²) in [5, 5.41) is 6.23. The minimum Gasteiger partial charge on any atom is -0.444 e. The molecule has 1 aliphatic rings. The summed E-state index contributed by atoms with van der Waals surface area (Å²) < 4.78 is 5.19. The predicted octanol–water partition coefficient (Wildman–Crippen LogP) is 1.90. The standard InChI is InChI=1S/C12H24N2O2/c1-9-6-5-7-13-10(9)8-14-11(15)16-12(2,3)4/h9-10,13H,5-8H2,1-4H3,(H,14,15)/t9?,10-/m1/s1. The maximum atomic E-state index is 11.4. The number of hydrogen-bond donors (Lipinski definition) is 2. The third-order valence-electron chi connectivity index (χ3n) is 2.79. The molecule has 1 heterocycles. The van der Waals surface area contributed by atoms with Crippen LogP contribution in [0.4, 0.5) is 4.79 Å². The zero-order valence-electron chi connectivity index (χ0n) is 10.8. The van der Waals surface area contributed by atoms with Crippen LogP contribution in [0.1, 0.15) is 40.5 Å². The molecule has 0 aromatic heterocycles. The molecule has 2 N–H and O–H groups in total. The number of nitrogens with one attached hydrogen (secondary N) is 2. The number of piperidine rings is 1. The molecule has 1 rings (SSSR count). The van der Waals surface area contributed by atoms with Crippen LogP contribution in [0.2, 0.25) is 0 Å². The third-order valence-corrected chi connectivity index (χ3v) is 2.79. The van der Waals surface area contributed by atoms with E-state index in [4.69, 9.17) is 4.74 Å². The second-order valence-electron chi connectivity index (χ2n) is 5.56. The van der Waals surface area contributed by atoms with E-state index in [9.17, 15) is 4.79 Å². The van der Waals surface area contributed by atoms with E-state index >= 15 is 0 Å². The molecule has 94 valence electrons. The van der Waals surface area contributed by atoms with E-state index in [1.165, 1.54) is 12.8 Å². The van der Waals surface area contributed by atoms with Crippen LogP contribution >= 0.6 is 0 Å². The van der Waals surface area contributed by atoms with Gasteiger partial charge in [-0.3, -0.25) is 0 Å². The quantitative estimate of drug-likeness (QED) is 0.759. The monoisotopic (exact) mass is 228 g/mol. The van der Waals surface area contributed by atoms with Crippen molar-refractivity contribution in [3.05, 3.63) is 0 Å². The zero-order valence-corrected chi connectivity index (χ0v) is 10.8. The average Bonchev–Trinajstić information content (AvgIpc) is 2.14. The smallest absolute Gasteiger partial charge is 0.407 e. The second-order valence-corrected chi connectivity index (χ2v) is 5.56. The highest BCUT2D eigenvalue weighted by molar-refractivity contribution is 5.67. The van der Waals surface area contributed by atoms with Gasteiger partial charge in [0.05, 0.1) is 0 Å². The van der Waals surface area contributed by atoms with Crippen molar-refractivity contribution in [2.45, 2.75) is 52.2 Å². The van der Waals surface area contributed by atoms with Gasteiger partial charge in [-0.25, -0.2) is 4.79 Å². The van der Waals surface area contributed by atoms with Crippen LogP contribution in [0.3, 0.4) is 0 Å². The third kappa shape index (κ3) is 4.84. The lowest BCUT2D eigenvalue weighted by molar-refractivity contribution is 0.0516. The van der Waals surface area contributed by atoms with Gasteiger partial charge in [-0.05, 0) is 46.1 Å². The van der Waals surface area contributed by atoms with Crippen molar-refractivity contribution in [1.29, 1.82) is 0 Å². The lowest BCUT2D eigenvalue weighted by Crippen LogP contribution is -2.48. The van der Waals surface area contributed by atoms with Crippen molar-refractivity contribution >= 4 is 6.09 Å². The highest BCUT2D eigenvalue weighted by atomic mass is 16.6. The molecule has 4 nitrogen and oxygen atoms in total. The first kappa shape index (κ1) is 13.3. The molecule has 4 heteroatoms. The van der Waals surface area contributed by atoms with Crippen molar-refractivity contribution in [2.75, 3.05) is 13.1 Å². The van der Waals surface area contributed by atoms with E-state index < -0.39 is 5.60 Å². The first-order valence-electron chi connectivity index (χ1n) is 6.09. The van der Waals surface area contributed by atoms with E-state index in [2.05, 4.69) is 17.6 Å². The molecule has 0 radical (unpaired) electrons. The average molecular weight is 228 g/mol.